The van der Waals surface area contributed by atoms with Crippen molar-refractivity contribution in [3.8, 4) is 5.75 Å². The number of aliphatic hydroxyl groups excluding tert-OH is 1. The summed E-state index contributed by atoms with van der Waals surface area (Å²) in [6, 6.07) is 5.09. The molecule has 0 aromatic heterocycles. The first-order chi connectivity index (χ1) is 10.2. The summed E-state index contributed by atoms with van der Waals surface area (Å²) in [7, 11) is 0. The molecule has 1 unspecified atom stereocenters. The summed E-state index contributed by atoms with van der Waals surface area (Å²) in [5.41, 5.74) is 0.554. The maximum Gasteiger partial charge on any atom is 0.333 e. The van der Waals surface area contributed by atoms with Gasteiger partial charge in [0.05, 0.1) is 24.2 Å². The number of benzene rings is 1. The predicted octanol–water partition coefficient (Wildman–Crippen LogP) is 2.73. The molecule has 1 fully saturated rings. The van der Waals surface area contributed by atoms with Crippen molar-refractivity contribution in [3.05, 3.63) is 28.3 Å². The maximum absolute atomic E-state index is 11.5. The number of nitro groups is 1. The highest BCUT2D eigenvalue weighted by Gasteiger charge is 2.30. The third kappa shape index (κ3) is 3.44. The van der Waals surface area contributed by atoms with E-state index in [1.54, 1.807) is 18.2 Å². The van der Waals surface area contributed by atoms with Crippen molar-refractivity contribution in [2.75, 3.05) is 24.7 Å². The zero-order valence-corrected chi connectivity index (χ0v) is 12.3. The molecule has 0 aliphatic carbocycles. The quantitative estimate of drug-likeness (QED) is 0.645. The first-order valence-electron chi connectivity index (χ1n) is 7.46. The second-order valence-corrected chi connectivity index (χ2v) is 5.26. The van der Waals surface area contributed by atoms with Gasteiger partial charge in [0.25, 0.3) is 0 Å². The van der Waals surface area contributed by atoms with Gasteiger partial charge >= 0.3 is 5.69 Å². The van der Waals surface area contributed by atoms with Crippen LogP contribution in [-0.2, 0) is 0 Å². The Labute approximate surface area is 124 Å². The van der Waals surface area contributed by atoms with Crippen LogP contribution in [0.2, 0.25) is 0 Å². The lowest BCUT2D eigenvalue weighted by Gasteiger charge is -2.36. The van der Waals surface area contributed by atoms with Crippen LogP contribution in [0.1, 0.15) is 32.6 Å². The van der Waals surface area contributed by atoms with Gasteiger partial charge in [-0.2, -0.15) is 0 Å². The third-order valence-corrected chi connectivity index (χ3v) is 3.77. The molecule has 6 heteroatoms. The number of nitro benzene ring substituents is 1. The van der Waals surface area contributed by atoms with Gasteiger partial charge in [-0.05, 0) is 37.8 Å². The van der Waals surface area contributed by atoms with E-state index in [1.165, 1.54) is 0 Å². The summed E-state index contributed by atoms with van der Waals surface area (Å²) in [6.07, 6.45) is 3.67. The van der Waals surface area contributed by atoms with E-state index in [4.69, 9.17) is 4.74 Å². The Hall–Kier alpha value is -1.82. The molecule has 1 heterocycles. The van der Waals surface area contributed by atoms with Gasteiger partial charge in [-0.25, -0.2) is 0 Å². The van der Waals surface area contributed by atoms with Crippen LogP contribution in [0.5, 0.6) is 5.75 Å². The number of piperidine rings is 1. The highest BCUT2D eigenvalue weighted by Crippen LogP contribution is 2.39. The van der Waals surface area contributed by atoms with Crippen LogP contribution < -0.4 is 9.64 Å². The van der Waals surface area contributed by atoms with Gasteiger partial charge in [0.1, 0.15) is 5.69 Å². The Morgan fingerprint density at radius 1 is 1.48 bits per heavy atom. The fourth-order valence-corrected chi connectivity index (χ4v) is 2.76. The molecular weight excluding hydrogens is 272 g/mol. The average molecular weight is 294 g/mol. The number of hydrogen-bond donors (Lipinski definition) is 1. The van der Waals surface area contributed by atoms with Gasteiger partial charge in [-0.3, -0.25) is 10.1 Å². The number of hydrogen-bond acceptors (Lipinski definition) is 5. The van der Waals surface area contributed by atoms with E-state index in [1.807, 2.05) is 11.8 Å². The third-order valence-electron chi connectivity index (χ3n) is 3.77. The van der Waals surface area contributed by atoms with Gasteiger partial charge in [0.15, 0.2) is 5.75 Å². The molecule has 1 aromatic rings. The average Bonchev–Trinajstić information content (AvgIpc) is 2.52. The largest absolute Gasteiger partial charge is 0.487 e. The van der Waals surface area contributed by atoms with E-state index in [-0.39, 0.29) is 23.3 Å². The van der Waals surface area contributed by atoms with Crippen molar-refractivity contribution >= 4 is 11.4 Å². The highest BCUT2D eigenvalue weighted by molar-refractivity contribution is 5.70. The Balaban J connectivity index is 2.39. The molecule has 0 saturated carbocycles. The van der Waals surface area contributed by atoms with Crippen LogP contribution in [0.15, 0.2) is 18.2 Å². The van der Waals surface area contributed by atoms with Gasteiger partial charge in [-0.1, -0.05) is 13.0 Å². The van der Waals surface area contributed by atoms with Crippen LogP contribution in [0, 0.1) is 10.1 Å². The predicted molar refractivity (Wildman–Crippen MR) is 81.0 cm³/mol. The lowest BCUT2D eigenvalue weighted by atomic mass is 10.0. The molecule has 0 bridgehead atoms. The van der Waals surface area contributed by atoms with E-state index in [9.17, 15) is 15.2 Å². The smallest absolute Gasteiger partial charge is 0.333 e. The number of para-hydroxylation sites is 1. The number of nitrogens with zero attached hydrogens (tertiary/aromatic N) is 2. The van der Waals surface area contributed by atoms with Crippen molar-refractivity contribution in [2.24, 2.45) is 0 Å². The van der Waals surface area contributed by atoms with Gasteiger partial charge in [-0.15, -0.1) is 0 Å². The molecule has 1 atom stereocenters. The molecule has 116 valence electrons. The summed E-state index contributed by atoms with van der Waals surface area (Å²) in [6.45, 7) is 3.15. The second kappa shape index (κ2) is 7.26. The fraction of sp³-hybridized carbons (Fsp3) is 0.600. The molecule has 0 spiro atoms. The van der Waals surface area contributed by atoms with E-state index in [0.29, 0.717) is 18.0 Å². The summed E-state index contributed by atoms with van der Waals surface area (Å²) in [4.78, 5) is 13.0. The van der Waals surface area contributed by atoms with E-state index in [0.717, 1.165) is 32.2 Å². The van der Waals surface area contributed by atoms with E-state index in [2.05, 4.69) is 0 Å². The van der Waals surface area contributed by atoms with E-state index < -0.39 is 0 Å². The van der Waals surface area contributed by atoms with Gasteiger partial charge in [0, 0.05) is 6.54 Å². The SMILES string of the molecule is CCCOc1cccc(N2CCCCC2CO)c1[N+](=O)[O-]. The van der Waals surface area contributed by atoms with Crippen LogP contribution in [0.25, 0.3) is 0 Å². The van der Waals surface area contributed by atoms with Crippen LogP contribution >= 0.6 is 0 Å². The van der Waals surface area contributed by atoms with E-state index >= 15 is 0 Å². The molecule has 0 amide bonds. The molecule has 6 nitrogen and oxygen atoms in total. The molecule has 21 heavy (non-hydrogen) atoms. The minimum Gasteiger partial charge on any atom is -0.487 e. The summed E-state index contributed by atoms with van der Waals surface area (Å²) in [5.74, 6) is 0.307. The topological polar surface area (TPSA) is 75.8 Å². The first kappa shape index (κ1) is 15.6. The Morgan fingerprint density at radius 2 is 2.29 bits per heavy atom. The molecule has 1 aliphatic heterocycles. The second-order valence-electron chi connectivity index (χ2n) is 5.26. The lowest BCUT2D eigenvalue weighted by Crippen LogP contribution is -2.42. The highest BCUT2D eigenvalue weighted by atomic mass is 16.6. The molecule has 1 aromatic carbocycles. The summed E-state index contributed by atoms with van der Waals surface area (Å²) < 4.78 is 5.52. The fourth-order valence-electron chi connectivity index (χ4n) is 2.76. The zero-order valence-electron chi connectivity index (χ0n) is 12.3. The summed E-state index contributed by atoms with van der Waals surface area (Å²) >= 11 is 0. The van der Waals surface area contributed by atoms with Gasteiger partial charge in [0.2, 0.25) is 0 Å². The molecule has 1 saturated heterocycles. The lowest BCUT2D eigenvalue weighted by molar-refractivity contribution is -0.385. The first-order valence-corrected chi connectivity index (χ1v) is 7.46. The monoisotopic (exact) mass is 294 g/mol. The number of rotatable bonds is 6. The minimum atomic E-state index is -0.386. The Kier molecular flexibility index (Phi) is 5.38. The zero-order chi connectivity index (χ0) is 15.2. The molecule has 1 N–H and O–H groups in total. The van der Waals surface area contributed by atoms with Crippen molar-refractivity contribution in [3.63, 3.8) is 0 Å². The minimum absolute atomic E-state index is 0.00583. The molecular formula is C15H22N2O4. The van der Waals surface area contributed by atoms with Crippen molar-refractivity contribution in [1.29, 1.82) is 0 Å². The molecule has 2 rings (SSSR count). The number of ether oxygens (including phenoxy) is 1. The number of anilines is 1. The van der Waals surface area contributed by atoms with Crippen LogP contribution in [-0.4, -0.2) is 35.8 Å². The maximum atomic E-state index is 11.5. The van der Waals surface area contributed by atoms with Crippen LogP contribution in [0.4, 0.5) is 11.4 Å². The molecule has 0 radical (unpaired) electrons. The summed E-state index contributed by atoms with van der Waals surface area (Å²) in [5, 5.41) is 21.0. The van der Waals surface area contributed by atoms with Gasteiger partial charge < -0.3 is 14.7 Å². The van der Waals surface area contributed by atoms with Crippen molar-refractivity contribution < 1.29 is 14.8 Å². The standard InChI is InChI=1S/C15H22N2O4/c1-2-10-21-14-8-5-7-13(15(14)17(19)20)16-9-4-3-6-12(16)11-18/h5,7-8,12,18H,2-4,6,9-11H2,1H3. The van der Waals surface area contributed by atoms with Crippen molar-refractivity contribution in [1.82, 2.24) is 0 Å². The Morgan fingerprint density at radius 3 is 2.95 bits per heavy atom. The number of aliphatic hydroxyl groups is 1. The van der Waals surface area contributed by atoms with Crippen molar-refractivity contribution in [2.45, 2.75) is 38.6 Å². The molecule has 1 aliphatic rings. The normalized spacial score (nSPS) is 18.6. The Bertz CT molecular complexity index is 493. The van der Waals surface area contributed by atoms with Crippen LogP contribution in [0.3, 0.4) is 0 Å².